The van der Waals surface area contributed by atoms with Gasteiger partial charge in [-0.2, -0.15) is 0 Å². The molecule has 0 bridgehead atoms. The zero-order chi connectivity index (χ0) is 42.8. The summed E-state index contributed by atoms with van der Waals surface area (Å²) in [6.45, 7) is 0. The molecule has 13 rings (SSSR count). The summed E-state index contributed by atoms with van der Waals surface area (Å²) in [7, 11) is 0. The van der Waals surface area contributed by atoms with Crippen molar-refractivity contribution < 1.29 is 0 Å². The molecular formula is C59H38N6. The molecule has 5 heterocycles. The van der Waals surface area contributed by atoms with Crippen molar-refractivity contribution in [2.75, 3.05) is 0 Å². The van der Waals surface area contributed by atoms with Crippen LogP contribution >= 0.6 is 0 Å². The van der Waals surface area contributed by atoms with Gasteiger partial charge in [-0.15, -0.1) is 0 Å². The predicted octanol–water partition coefficient (Wildman–Crippen LogP) is 14.7. The van der Waals surface area contributed by atoms with E-state index in [9.17, 15) is 0 Å². The molecule has 0 aliphatic carbocycles. The fourth-order valence-corrected chi connectivity index (χ4v) is 9.78. The molecular weight excluding hydrogens is 793 g/mol. The quantitative estimate of drug-likeness (QED) is 0.161. The number of aromatic nitrogens is 6. The Morgan fingerprint density at radius 1 is 0.292 bits per heavy atom. The van der Waals surface area contributed by atoms with Gasteiger partial charge < -0.3 is 13.5 Å². The second kappa shape index (κ2) is 14.9. The van der Waals surface area contributed by atoms with E-state index >= 15 is 0 Å². The number of hydrogen-bond donors (Lipinski definition) is 0. The van der Waals surface area contributed by atoms with Crippen LogP contribution in [0.5, 0.6) is 0 Å². The van der Waals surface area contributed by atoms with Gasteiger partial charge in [-0.3, -0.25) is 0 Å². The van der Waals surface area contributed by atoms with Crippen LogP contribution in [0.15, 0.2) is 231 Å². The highest BCUT2D eigenvalue weighted by Crippen LogP contribution is 2.45. The lowest BCUT2D eigenvalue weighted by molar-refractivity contribution is 1.07. The van der Waals surface area contributed by atoms with Crippen LogP contribution in [0.4, 0.5) is 0 Å². The monoisotopic (exact) mass is 830 g/mol. The minimum atomic E-state index is 0.624. The average Bonchev–Trinajstić information content (AvgIpc) is 4.02. The van der Waals surface area contributed by atoms with Crippen molar-refractivity contribution in [3.63, 3.8) is 0 Å². The van der Waals surface area contributed by atoms with E-state index in [1.54, 1.807) is 0 Å². The lowest BCUT2D eigenvalue weighted by Gasteiger charge is -2.12. The number of rotatable bonds is 7. The SMILES string of the molecule is c1ccc(-c2ccc3c(c2)c2c(-c4cccc(-n5c6ccccc6c6ccccc65)c4)n4ccccc4c2n3-c2ccc(-c3nc(-c4ccccc4)nc(-c4ccccc4)n3)cc2)cc1. The van der Waals surface area contributed by atoms with Gasteiger partial charge in [-0.25, -0.2) is 15.0 Å². The van der Waals surface area contributed by atoms with E-state index in [1.807, 2.05) is 60.7 Å². The molecule has 8 aromatic carbocycles. The van der Waals surface area contributed by atoms with Crippen LogP contribution in [0.25, 0.3) is 117 Å². The third-order valence-electron chi connectivity index (χ3n) is 12.7. The van der Waals surface area contributed by atoms with Crippen molar-refractivity contribution in [2.24, 2.45) is 0 Å². The summed E-state index contributed by atoms with van der Waals surface area (Å²) < 4.78 is 7.20. The topological polar surface area (TPSA) is 52.9 Å². The largest absolute Gasteiger partial charge is 0.314 e. The maximum Gasteiger partial charge on any atom is 0.164 e. The minimum Gasteiger partial charge on any atom is -0.314 e. The smallest absolute Gasteiger partial charge is 0.164 e. The number of hydrogen-bond acceptors (Lipinski definition) is 3. The first-order valence-electron chi connectivity index (χ1n) is 21.9. The van der Waals surface area contributed by atoms with Crippen LogP contribution in [0, 0.1) is 0 Å². The van der Waals surface area contributed by atoms with E-state index in [1.165, 1.54) is 43.7 Å². The van der Waals surface area contributed by atoms with Crippen LogP contribution < -0.4 is 0 Å². The van der Waals surface area contributed by atoms with Gasteiger partial charge in [0.05, 0.1) is 33.3 Å². The molecule has 0 saturated heterocycles. The summed E-state index contributed by atoms with van der Waals surface area (Å²) in [4.78, 5) is 15.0. The van der Waals surface area contributed by atoms with Crippen molar-refractivity contribution in [1.29, 1.82) is 0 Å². The van der Waals surface area contributed by atoms with E-state index in [-0.39, 0.29) is 0 Å². The molecule has 0 radical (unpaired) electrons. The Kier molecular flexibility index (Phi) is 8.42. The third-order valence-corrected chi connectivity index (χ3v) is 12.7. The average molecular weight is 831 g/mol. The number of benzene rings is 8. The summed E-state index contributed by atoms with van der Waals surface area (Å²) >= 11 is 0. The van der Waals surface area contributed by atoms with E-state index in [4.69, 9.17) is 15.0 Å². The maximum absolute atomic E-state index is 5.03. The van der Waals surface area contributed by atoms with E-state index in [0.717, 1.165) is 55.9 Å². The second-order valence-electron chi connectivity index (χ2n) is 16.5. The zero-order valence-corrected chi connectivity index (χ0v) is 35.1. The molecule has 0 N–H and O–H groups in total. The zero-order valence-electron chi connectivity index (χ0n) is 35.1. The Hall–Kier alpha value is -8.87. The van der Waals surface area contributed by atoms with Gasteiger partial charge in [0.25, 0.3) is 0 Å². The Balaban J connectivity index is 1.03. The van der Waals surface area contributed by atoms with Crippen LogP contribution in [0.3, 0.4) is 0 Å². The molecule has 0 atom stereocenters. The Morgan fingerprint density at radius 2 is 0.785 bits per heavy atom. The maximum atomic E-state index is 5.03. The molecule has 6 nitrogen and oxygen atoms in total. The normalized spacial score (nSPS) is 11.7. The summed E-state index contributed by atoms with van der Waals surface area (Å²) in [5, 5.41) is 4.87. The van der Waals surface area contributed by atoms with Crippen molar-refractivity contribution in [3.8, 4) is 67.9 Å². The van der Waals surface area contributed by atoms with Crippen molar-refractivity contribution in [1.82, 2.24) is 28.5 Å². The van der Waals surface area contributed by atoms with E-state index in [0.29, 0.717) is 17.5 Å². The highest BCUT2D eigenvalue weighted by molar-refractivity contribution is 6.21. The first kappa shape index (κ1) is 36.8. The molecule has 5 aromatic heterocycles. The number of fused-ring (bicyclic) bond motifs is 8. The molecule has 0 saturated carbocycles. The first-order chi connectivity index (χ1) is 32.2. The van der Waals surface area contributed by atoms with Gasteiger partial charge >= 0.3 is 0 Å². The van der Waals surface area contributed by atoms with Crippen molar-refractivity contribution >= 4 is 49.1 Å². The molecule has 65 heavy (non-hydrogen) atoms. The Labute approximate surface area is 374 Å². The first-order valence-corrected chi connectivity index (χ1v) is 21.9. The lowest BCUT2D eigenvalue weighted by atomic mass is 10.0. The number of para-hydroxylation sites is 2. The van der Waals surface area contributed by atoms with Crippen LogP contribution in [-0.2, 0) is 0 Å². The second-order valence-corrected chi connectivity index (χ2v) is 16.5. The third kappa shape index (κ3) is 5.99. The van der Waals surface area contributed by atoms with Gasteiger partial charge in [0.15, 0.2) is 17.5 Å². The molecule has 304 valence electrons. The molecule has 6 heteroatoms. The van der Waals surface area contributed by atoms with Gasteiger partial charge in [-0.1, -0.05) is 152 Å². The van der Waals surface area contributed by atoms with Crippen LogP contribution in [-0.4, -0.2) is 28.5 Å². The fraction of sp³-hybridized carbons (Fsp3) is 0. The van der Waals surface area contributed by atoms with Crippen LogP contribution in [0.2, 0.25) is 0 Å². The summed E-state index contributed by atoms with van der Waals surface area (Å²) in [5.74, 6) is 1.90. The Morgan fingerprint density at radius 3 is 1.42 bits per heavy atom. The van der Waals surface area contributed by atoms with Gasteiger partial charge in [0, 0.05) is 61.4 Å². The highest BCUT2D eigenvalue weighted by atomic mass is 15.0. The van der Waals surface area contributed by atoms with Gasteiger partial charge in [-0.05, 0) is 83.9 Å². The van der Waals surface area contributed by atoms with E-state index in [2.05, 4.69) is 184 Å². The summed E-state index contributed by atoms with van der Waals surface area (Å²) in [6, 6.07) is 79.5. The molecule has 0 aliphatic heterocycles. The van der Waals surface area contributed by atoms with Crippen molar-refractivity contribution in [2.45, 2.75) is 0 Å². The molecule has 0 fully saturated rings. The fourth-order valence-electron chi connectivity index (χ4n) is 9.78. The number of pyridine rings is 1. The van der Waals surface area contributed by atoms with Gasteiger partial charge in [0.1, 0.15) is 0 Å². The molecule has 0 unspecified atom stereocenters. The lowest BCUT2D eigenvalue weighted by Crippen LogP contribution is -2.00. The number of nitrogens with zero attached hydrogens (tertiary/aromatic N) is 6. The van der Waals surface area contributed by atoms with Crippen molar-refractivity contribution in [3.05, 3.63) is 231 Å². The standard InChI is InChI=1S/C59H38N6/c1-4-17-39(18-5-1)43-32-35-52-49(38-43)54-55(44-23-16-24-46(37-44)64-50-27-12-10-25-47(50)48-26-11-13-28-51(48)64)63-36-15-14-29-53(63)56(54)65(52)45-33-30-42(31-34-45)59-61-57(40-19-6-2-7-20-40)60-58(62-59)41-21-8-3-9-22-41/h1-38H. The molecule has 0 spiro atoms. The Bertz CT molecular complexity index is 3810. The predicted molar refractivity (Wildman–Crippen MR) is 267 cm³/mol. The summed E-state index contributed by atoms with van der Waals surface area (Å²) in [6.07, 6.45) is 2.20. The highest BCUT2D eigenvalue weighted by Gasteiger charge is 2.24. The van der Waals surface area contributed by atoms with Gasteiger partial charge in [0.2, 0.25) is 0 Å². The molecule has 13 aromatic rings. The molecule has 0 amide bonds. The molecule has 0 aliphatic rings. The summed E-state index contributed by atoms with van der Waals surface area (Å²) in [5.41, 5.74) is 15.4. The van der Waals surface area contributed by atoms with E-state index < -0.39 is 0 Å². The minimum absolute atomic E-state index is 0.624. The van der Waals surface area contributed by atoms with Crippen LogP contribution in [0.1, 0.15) is 0 Å².